The summed E-state index contributed by atoms with van der Waals surface area (Å²) in [5.41, 5.74) is 1.20. The number of carbonyl (C=O) groups excluding carboxylic acids is 1. The third kappa shape index (κ3) is 3.43. The minimum atomic E-state index is -0.385. The Morgan fingerprint density at radius 2 is 2.12 bits per heavy atom. The molecule has 1 unspecified atom stereocenters. The van der Waals surface area contributed by atoms with Crippen molar-refractivity contribution in [2.24, 2.45) is 0 Å². The number of aryl methyl sites for hydroxylation is 1. The van der Waals surface area contributed by atoms with Crippen LogP contribution in [-0.2, 0) is 4.79 Å². The van der Waals surface area contributed by atoms with Gasteiger partial charge in [-0.05, 0) is 39.2 Å². The maximum absolute atomic E-state index is 11.7. The second-order valence-electron chi connectivity index (χ2n) is 4.11. The van der Waals surface area contributed by atoms with E-state index in [2.05, 4.69) is 21.1 Å². The van der Waals surface area contributed by atoms with Gasteiger partial charge >= 0.3 is 0 Å². The maximum atomic E-state index is 11.7. The molecule has 1 aromatic heterocycles. The van der Waals surface area contributed by atoms with E-state index in [1.165, 1.54) is 11.5 Å². The number of aromatic nitrogens is 1. The summed E-state index contributed by atoms with van der Waals surface area (Å²) in [7, 11) is 0. The number of rotatable bonds is 4. The van der Waals surface area contributed by atoms with E-state index in [4.69, 9.17) is 5.26 Å². The van der Waals surface area contributed by atoms with Crippen LogP contribution in [0.3, 0.4) is 0 Å². The second-order valence-corrected chi connectivity index (χ2v) is 4.89. The summed E-state index contributed by atoms with van der Waals surface area (Å²) in [5, 5.41) is 15.4. The van der Waals surface area contributed by atoms with Gasteiger partial charge in [-0.25, -0.2) is 0 Å². The molecular formula is C11H16N4OS. The molecule has 0 saturated carbocycles. The van der Waals surface area contributed by atoms with E-state index in [1.807, 2.05) is 13.8 Å². The van der Waals surface area contributed by atoms with Gasteiger partial charge in [0.1, 0.15) is 22.7 Å². The fourth-order valence-electron chi connectivity index (χ4n) is 1.27. The first-order chi connectivity index (χ1) is 7.95. The van der Waals surface area contributed by atoms with Crippen LogP contribution in [0.15, 0.2) is 0 Å². The minimum Gasteiger partial charge on any atom is -0.363 e. The molecule has 6 heteroatoms. The number of nitrogens with zero attached hydrogens (tertiary/aromatic N) is 2. The molecule has 0 bridgehead atoms. The molecule has 5 nitrogen and oxygen atoms in total. The fourth-order valence-corrected chi connectivity index (χ4v) is 2.11. The van der Waals surface area contributed by atoms with Crippen LogP contribution in [0.4, 0.5) is 5.00 Å². The summed E-state index contributed by atoms with van der Waals surface area (Å²) in [6.45, 7) is 7.34. The van der Waals surface area contributed by atoms with Crippen LogP contribution in [0.25, 0.3) is 0 Å². The van der Waals surface area contributed by atoms with Gasteiger partial charge in [-0.15, -0.1) is 0 Å². The third-order valence-corrected chi connectivity index (χ3v) is 3.02. The lowest BCUT2D eigenvalue weighted by Gasteiger charge is -2.15. The highest BCUT2D eigenvalue weighted by atomic mass is 32.1. The molecule has 0 aromatic carbocycles. The standard InChI is InChI=1S/C11H16N4OS/c1-6(2)13-10(16)8(4)14-11-9(5-12)7(3)15-17-11/h6,8,14H,1-4H3,(H,13,16). The molecule has 1 rings (SSSR count). The molecule has 1 amide bonds. The summed E-state index contributed by atoms with van der Waals surface area (Å²) in [6, 6.07) is 1.80. The van der Waals surface area contributed by atoms with E-state index in [0.717, 1.165) is 0 Å². The lowest BCUT2D eigenvalue weighted by Crippen LogP contribution is -2.40. The molecule has 0 saturated heterocycles. The van der Waals surface area contributed by atoms with Gasteiger partial charge in [0.25, 0.3) is 0 Å². The molecule has 0 aliphatic heterocycles. The first-order valence-corrected chi connectivity index (χ1v) is 6.16. The zero-order valence-corrected chi connectivity index (χ0v) is 11.2. The van der Waals surface area contributed by atoms with Crippen molar-refractivity contribution in [1.82, 2.24) is 9.69 Å². The molecule has 1 aromatic rings. The zero-order chi connectivity index (χ0) is 13.0. The summed E-state index contributed by atoms with van der Waals surface area (Å²) < 4.78 is 4.09. The van der Waals surface area contributed by atoms with Gasteiger partial charge in [0, 0.05) is 6.04 Å². The van der Waals surface area contributed by atoms with Crippen molar-refractivity contribution in [1.29, 1.82) is 5.26 Å². The molecule has 1 heterocycles. The molecule has 17 heavy (non-hydrogen) atoms. The summed E-state index contributed by atoms with van der Waals surface area (Å²) in [5.74, 6) is -0.0880. The van der Waals surface area contributed by atoms with E-state index >= 15 is 0 Å². The molecule has 0 aliphatic rings. The Balaban J connectivity index is 2.71. The lowest BCUT2D eigenvalue weighted by atomic mass is 10.2. The maximum Gasteiger partial charge on any atom is 0.242 e. The Morgan fingerprint density at radius 1 is 1.47 bits per heavy atom. The second kappa shape index (κ2) is 5.64. The Hall–Kier alpha value is -1.61. The van der Waals surface area contributed by atoms with Crippen LogP contribution in [0, 0.1) is 18.3 Å². The van der Waals surface area contributed by atoms with Gasteiger partial charge in [0.2, 0.25) is 5.91 Å². The molecule has 0 radical (unpaired) electrons. The number of hydrogen-bond donors (Lipinski definition) is 2. The zero-order valence-electron chi connectivity index (χ0n) is 10.4. The van der Waals surface area contributed by atoms with Crippen LogP contribution < -0.4 is 10.6 Å². The van der Waals surface area contributed by atoms with Gasteiger partial charge < -0.3 is 10.6 Å². The van der Waals surface area contributed by atoms with Crippen molar-refractivity contribution in [3.05, 3.63) is 11.3 Å². The number of anilines is 1. The summed E-state index contributed by atoms with van der Waals surface area (Å²) in [4.78, 5) is 11.7. The summed E-state index contributed by atoms with van der Waals surface area (Å²) >= 11 is 1.20. The Labute approximate surface area is 105 Å². The average molecular weight is 252 g/mol. The number of carbonyl (C=O) groups is 1. The highest BCUT2D eigenvalue weighted by Gasteiger charge is 2.17. The van der Waals surface area contributed by atoms with Crippen LogP contribution >= 0.6 is 11.5 Å². The Morgan fingerprint density at radius 3 is 2.65 bits per heavy atom. The highest BCUT2D eigenvalue weighted by Crippen LogP contribution is 2.23. The van der Waals surface area contributed by atoms with E-state index in [1.54, 1.807) is 13.8 Å². The highest BCUT2D eigenvalue weighted by molar-refractivity contribution is 7.10. The van der Waals surface area contributed by atoms with Gasteiger partial charge in [0.05, 0.1) is 5.69 Å². The predicted octanol–water partition coefficient (Wildman–Crippen LogP) is 1.65. The minimum absolute atomic E-state index is 0.0880. The van der Waals surface area contributed by atoms with Gasteiger partial charge in [-0.3, -0.25) is 4.79 Å². The number of nitrogens with one attached hydrogen (secondary N) is 2. The van der Waals surface area contributed by atoms with E-state index in [9.17, 15) is 4.79 Å². The first-order valence-electron chi connectivity index (χ1n) is 5.39. The van der Waals surface area contributed by atoms with Crippen molar-refractivity contribution in [3.63, 3.8) is 0 Å². The van der Waals surface area contributed by atoms with E-state index < -0.39 is 0 Å². The molecule has 2 N–H and O–H groups in total. The molecule has 92 valence electrons. The Bertz CT molecular complexity index is 447. The van der Waals surface area contributed by atoms with Gasteiger partial charge in [-0.1, -0.05) is 0 Å². The van der Waals surface area contributed by atoms with Crippen molar-refractivity contribution < 1.29 is 4.79 Å². The monoisotopic (exact) mass is 252 g/mol. The number of nitriles is 1. The SMILES string of the molecule is Cc1nsc(NC(C)C(=O)NC(C)C)c1C#N. The van der Waals surface area contributed by atoms with Crippen LogP contribution in [0.5, 0.6) is 0 Å². The van der Waals surface area contributed by atoms with Gasteiger partial charge in [-0.2, -0.15) is 9.64 Å². The molecule has 0 fully saturated rings. The van der Waals surface area contributed by atoms with Crippen LogP contribution in [0.1, 0.15) is 32.0 Å². The average Bonchev–Trinajstić information content (AvgIpc) is 2.58. The normalized spacial score (nSPS) is 12.0. The van der Waals surface area contributed by atoms with Crippen LogP contribution in [-0.4, -0.2) is 22.4 Å². The van der Waals surface area contributed by atoms with Crippen molar-refractivity contribution in [2.75, 3.05) is 5.32 Å². The van der Waals surface area contributed by atoms with Crippen molar-refractivity contribution >= 4 is 22.4 Å². The van der Waals surface area contributed by atoms with Crippen LogP contribution in [0.2, 0.25) is 0 Å². The smallest absolute Gasteiger partial charge is 0.242 e. The van der Waals surface area contributed by atoms with E-state index in [-0.39, 0.29) is 18.0 Å². The summed E-state index contributed by atoms with van der Waals surface area (Å²) in [6.07, 6.45) is 0. The topological polar surface area (TPSA) is 77.8 Å². The largest absolute Gasteiger partial charge is 0.363 e. The quantitative estimate of drug-likeness (QED) is 0.854. The third-order valence-electron chi connectivity index (χ3n) is 2.15. The van der Waals surface area contributed by atoms with E-state index in [0.29, 0.717) is 16.3 Å². The molecule has 1 atom stereocenters. The number of hydrogen-bond acceptors (Lipinski definition) is 5. The number of amides is 1. The molecule has 0 spiro atoms. The lowest BCUT2D eigenvalue weighted by molar-refractivity contribution is -0.121. The Kier molecular flexibility index (Phi) is 4.46. The predicted molar refractivity (Wildman–Crippen MR) is 67.9 cm³/mol. The fraction of sp³-hybridized carbons (Fsp3) is 0.545. The van der Waals surface area contributed by atoms with Gasteiger partial charge in [0.15, 0.2) is 0 Å². The van der Waals surface area contributed by atoms with Crippen molar-refractivity contribution in [2.45, 2.75) is 39.8 Å². The molecular weight excluding hydrogens is 236 g/mol. The molecule has 0 aliphatic carbocycles. The first kappa shape index (κ1) is 13.5. The van der Waals surface area contributed by atoms with Crippen molar-refractivity contribution in [3.8, 4) is 6.07 Å².